The lowest BCUT2D eigenvalue weighted by molar-refractivity contribution is 0.548. The van der Waals surface area contributed by atoms with Gasteiger partial charge in [0, 0.05) is 29.5 Å². The first kappa shape index (κ1) is 18.5. The molecule has 0 spiro atoms. The fraction of sp³-hybridized carbons (Fsp3) is 0.125. The SMILES string of the molecule is Cc1ccc([C@@H]2[C@@H](c3ccccn3)NC(=S)N2c2ccccc2)n1-c1cccnc1. The highest BCUT2D eigenvalue weighted by Crippen LogP contribution is 2.42. The van der Waals surface area contributed by atoms with Crippen LogP contribution in [-0.2, 0) is 0 Å². The van der Waals surface area contributed by atoms with Crippen LogP contribution in [0.1, 0.15) is 29.2 Å². The van der Waals surface area contributed by atoms with Gasteiger partial charge in [-0.3, -0.25) is 9.97 Å². The molecule has 2 atom stereocenters. The molecule has 1 saturated heterocycles. The van der Waals surface area contributed by atoms with Crippen LogP contribution in [0.15, 0.2) is 91.4 Å². The van der Waals surface area contributed by atoms with Gasteiger partial charge in [-0.15, -0.1) is 0 Å². The molecule has 0 amide bonds. The van der Waals surface area contributed by atoms with Crippen molar-refractivity contribution < 1.29 is 0 Å². The van der Waals surface area contributed by atoms with Gasteiger partial charge < -0.3 is 14.8 Å². The number of pyridine rings is 2. The zero-order valence-electron chi connectivity index (χ0n) is 16.5. The van der Waals surface area contributed by atoms with Crippen LogP contribution < -0.4 is 10.2 Å². The summed E-state index contributed by atoms with van der Waals surface area (Å²) in [6.45, 7) is 2.11. The van der Waals surface area contributed by atoms with E-state index in [0.29, 0.717) is 5.11 Å². The number of thiocarbonyl (C=S) groups is 1. The molecule has 6 heteroatoms. The average molecular weight is 412 g/mol. The summed E-state index contributed by atoms with van der Waals surface area (Å²) in [7, 11) is 0. The first-order valence-electron chi connectivity index (χ1n) is 9.88. The minimum atomic E-state index is -0.0800. The molecule has 0 bridgehead atoms. The number of aryl methyl sites for hydroxylation is 1. The largest absolute Gasteiger partial charge is 0.351 e. The zero-order chi connectivity index (χ0) is 20.5. The van der Waals surface area contributed by atoms with E-state index in [4.69, 9.17) is 12.2 Å². The maximum absolute atomic E-state index is 5.81. The van der Waals surface area contributed by atoms with Gasteiger partial charge in [-0.2, -0.15) is 0 Å². The summed E-state index contributed by atoms with van der Waals surface area (Å²) in [5, 5.41) is 4.21. The Hall–Kier alpha value is -3.51. The molecule has 0 saturated carbocycles. The molecule has 0 unspecified atom stereocenters. The van der Waals surface area contributed by atoms with Crippen LogP contribution in [0.3, 0.4) is 0 Å². The summed E-state index contributed by atoms with van der Waals surface area (Å²) in [5.74, 6) is 0. The summed E-state index contributed by atoms with van der Waals surface area (Å²) in [6, 6.07) is 24.5. The van der Waals surface area contributed by atoms with Crippen molar-refractivity contribution in [1.82, 2.24) is 19.9 Å². The van der Waals surface area contributed by atoms with Crippen molar-refractivity contribution in [2.45, 2.75) is 19.0 Å². The molecule has 1 aromatic carbocycles. The normalized spacial score (nSPS) is 18.4. The quantitative estimate of drug-likeness (QED) is 0.491. The van der Waals surface area contributed by atoms with E-state index in [1.54, 1.807) is 6.20 Å². The van der Waals surface area contributed by atoms with Crippen LogP contribution in [-0.4, -0.2) is 19.6 Å². The number of nitrogens with zero attached hydrogens (tertiary/aromatic N) is 4. The highest BCUT2D eigenvalue weighted by atomic mass is 32.1. The minimum Gasteiger partial charge on any atom is -0.351 e. The van der Waals surface area contributed by atoms with Crippen LogP contribution in [0.4, 0.5) is 5.69 Å². The molecule has 5 nitrogen and oxygen atoms in total. The average Bonchev–Trinajstić information content (AvgIpc) is 3.35. The summed E-state index contributed by atoms with van der Waals surface area (Å²) in [4.78, 5) is 11.2. The van der Waals surface area contributed by atoms with E-state index >= 15 is 0 Å². The van der Waals surface area contributed by atoms with E-state index in [-0.39, 0.29) is 12.1 Å². The molecule has 0 aliphatic carbocycles. The number of anilines is 1. The molecule has 1 fully saturated rings. The van der Waals surface area contributed by atoms with E-state index in [9.17, 15) is 0 Å². The molecule has 1 N–H and O–H groups in total. The van der Waals surface area contributed by atoms with Gasteiger partial charge in [0.15, 0.2) is 5.11 Å². The predicted octanol–water partition coefficient (Wildman–Crippen LogP) is 4.75. The lowest BCUT2D eigenvalue weighted by Crippen LogP contribution is -2.30. The molecular formula is C24H21N5S. The Morgan fingerprint density at radius 1 is 0.867 bits per heavy atom. The van der Waals surface area contributed by atoms with Gasteiger partial charge in [-0.1, -0.05) is 24.3 Å². The van der Waals surface area contributed by atoms with Gasteiger partial charge >= 0.3 is 0 Å². The van der Waals surface area contributed by atoms with Gasteiger partial charge in [0.2, 0.25) is 0 Å². The second kappa shape index (κ2) is 7.72. The van der Waals surface area contributed by atoms with Crippen LogP contribution in [0.2, 0.25) is 0 Å². The van der Waals surface area contributed by atoms with E-state index in [2.05, 4.69) is 62.0 Å². The summed E-state index contributed by atoms with van der Waals surface area (Å²) in [5.41, 5.74) is 5.31. The fourth-order valence-electron chi connectivity index (χ4n) is 4.15. The second-order valence-electron chi connectivity index (χ2n) is 7.28. The van der Waals surface area contributed by atoms with Crippen molar-refractivity contribution in [1.29, 1.82) is 0 Å². The maximum atomic E-state index is 5.81. The molecule has 3 aromatic heterocycles. The third-order valence-electron chi connectivity index (χ3n) is 5.45. The summed E-state index contributed by atoms with van der Waals surface area (Å²) < 4.78 is 2.25. The standard InChI is InChI=1S/C24H21N5S/c1-17-12-13-21(28(17)19-10-7-14-25-16-19)23-22(20-11-5-6-15-26-20)27-24(30)29(23)18-8-3-2-4-9-18/h2-16,22-23H,1H3,(H,27,30)/t22-,23-/m1/s1. The summed E-state index contributed by atoms with van der Waals surface area (Å²) in [6.07, 6.45) is 5.51. The van der Waals surface area contributed by atoms with Crippen molar-refractivity contribution in [3.8, 4) is 5.69 Å². The molecule has 1 aliphatic rings. The van der Waals surface area contributed by atoms with Gasteiger partial charge in [0.1, 0.15) is 6.04 Å². The van der Waals surface area contributed by atoms with E-state index in [0.717, 1.165) is 28.5 Å². The van der Waals surface area contributed by atoms with Crippen molar-refractivity contribution in [2.24, 2.45) is 0 Å². The van der Waals surface area contributed by atoms with Crippen molar-refractivity contribution in [3.63, 3.8) is 0 Å². The Balaban J connectivity index is 1.70. The third-order valence-corrected chi connectivity index (χ3v) is 5.76. The Morgan fingerprint density at radius 3 is 2.40 bits per heavy atom. The lowest BCUT2D eigenvalue weighted by Gasteiger charge is -2.29. The van der Waals surface area contributed by atoms with E-state index in [1.807, 2.05) is 54.9 Å². The Bertz CT molecular complexity index is 1160. The zero-order valence-corrected chi connectivity index (χ0v) is 17.3. The number of benzene rings is 1. The highest BCUT2D eigenvalue weighted by molar-refractivity contribution is 7.80. The Labute approximate surface area is 181 Å². The number of para-hydroxylation sites is 1. The molecule has 4 aromatic rings. The first-order chi connectivity index (χ1) is 14.7. The fourth-order valence-corrected chi connectivity index (χ4v) is 4.50. The molecule has 4 heterocycles. The van der Waals surface area contributed by atoms with Gasteiger partial charge in [-0.25, -0.2) is 0 Å². The Kier molecular flexibility index (Phi) is 4.77. The van der Waals surface area contributed by atoms with Crippen LogP contribution in [0.25, 0.3) is 5.69 Å². The molecule has 0 radical (unpaired) electrons. The maximum Gasteiger partial charge on any atom is 0.174 e. The minimum absolute atomic E-state index is 0.0660. The monoisotopic (exact) mass is 411 g/mol. The van der Waals surface area contributed by atoms with Crippen molar-refractivity contribution >= 4 is 23.0 Å². The summed E-state index contributed by atoms with van der Waals surface area (Å²) >= 11 is 5.81. The number of hydrogen-bond acceptors (Lipinski definition) is 3. The van der Waals surface area contributed by atoms with Crippen LogP contribution >= 0.6 is 12.2 Å². The number of rotatable bonds is 4. The first-order valence-corrected chi connectivity index (χ1v) is 10.3. The van der Waals surface area contributed by atoms with E-state index < -0.39 is 0 Å². The van der Waals surface area contributed by atoms with Crippen LogP contribution in [0.5, 0.6) is 0 Å². The van der Waals surface area contributed by atoms with Gasteiger partial charge in [0.25, 0.3) is 0 Å². The molecule has 30 heavy (non-hydrogen) atoms. The third kappa shape index (κ3) is 3.15. The molecular weight excluding hydrogens is 390 g/mol. The van der Waals surface area contributed by atoms with Crippen LogP contribution in [0, 0.1) is 6.92 Å². The second-order valence-corrected chi connectivity index (χ2v) is 7.67. The number of aromatic nitrogens is 3. The number of hydrogen-bond donors (Lipinski definition) is 1. The molecule has 5 rings (SSSR count). The highest BCUT2D eigenvalue weighted by Gasteiger charge is 2.42. The van der Waals surface area contributed by atoms with Gasteiger partial charge in [0.05, 0.1) is 23.6 Å². The van der Waals surface area contributed by atoms with Crippen molar-refractivity contribution in [3.05, 3.63) is 108 Å². The topological polar surface area (TPSA) is 46.0 Å². The van der Waals surface area contributed by atoms with Gasteiger partial charge in [-0.05, 0) is 67.7 Å². The molecule has 1 aliphatic heterocycles. The van der Waals surface area contributed by atoms with Crippen molar-refractivity contribution in [2.75, 3.05) is 4.90 Å². The Morgan fingerprint density at radius 2 is 1.67 bits per heavy atom. The van der Waals surface area contributed by atoms with E-state index in [1.165, 1.54) is 0 Å². The smallest absolute Gasteiger partial charge is 0.174 e. The number of nitrogens with one attached hydrogen (secondary N) is 1. The molecule has 148 valence electrons. The predicted molar refractivity (Wildman–Crippen MR) is 123 cm³/mol. The lowest BCUT2D eigenvalue weighted by atomic mass is 10.0.